The van der Waals surface area contributed by atoms with E-state index in [0.29, 0.717) is 32.2 Å². The third kappa shape index (κ3) is 5.81. The van der Waals surface area contributed by atoms with Crippen LogP contribution in [0.5, 0.6) is 0 Å². The Morgan fingerprint density at radius 3 is 2.32 bits per heavy atom. The van der Waals surface area contributed by atoms with E-state index in [0.717, 1.165) is 31.4 Å². The van der Waals surface area contributed by atoms with Crippen molar-refractivity contribution in [2.24, 2.45) is 5.92 Å². The number of benzene rings is 1. The minimum Gasteiger partial charge on any atom is -0.349 e. The highest BCUT2D eigenvalue weighted by Crippen LogP contribution is 2.38. The number of hydrogen-bond acceptors (Lipinski definition) is 5. The molecule has 1 aromatic carbocycles. The molecule has 0 atom stereocenters. The number of alkyl halides is 3. The van der Waals surface area contributed by atoms with Gasteiger partial charge >= 0.3 is 6.18 Å². The van der Waals surface area contributed by atoms with Crippen LogP contribution in [-0.2, 0) is 6.18 Å². The van der Waals surface area contributed by atoms with Crippen LogP contribution in [0.4, 0.5) is 13.2 Å². The normalized spacial score (nSPS) is 21.4. The first-order chi connectivity index (χ1) is 16.3. The number of carbonyl (C=O) groups is 2. The molecule has 0 spiro atoms. The molecule has 0 radical (unpaired) electrons. The second-order valence-electron chi connectivity index (χ2n) is 9.10. The summed E-state index contributed by atoms with van der Waals surface area (Å²) in [4.78, 5) is 27.4. The van der Waals surface area contributed by atoms with Gasteiger partial charge in [0.2, 0.25) is 0 Å². The SMILES string of the molecule is O=C(NCCN1CCCC1)c1ccc(C2CCC(C(=O)c3ccccc3C(F)(F)F)CC2)nn1. The number of nitrogens with one attached hydrogen (secondary N) is 1. The Hall–Kier alpha value is -2.81. The Labute approximate surface area is 196 Å². The molecule has 1 saturated carbocycles. The molecule has 4 rings (SSSR count). The molecule has 1 aliphatic carbocycles. The molecule has 1 saturated heterocycles. The van der Waals surface area contributed by atoms with Crippen molar-refractivity contribution in [2.45, 2.75) is 50.6 Å². The Balaban J connectivity index is 1.29. The minimum atomic E-state index is -4.55. The highest BCUT2D eigenvalue weighted by atomic mass is 19.4. The maximum Gasteiger partial charge on any atom is 0.417 e. The van der Waals surface area contributed by atoms with E-state index in [1.54, 1.807) is 12.1 Å². The van der Waals surface area contributed by atoms with Gasteiger partial charge in [0, 0.05) is 30.5 Å². The molecule has 2 heterocycles. The van der Waals surface area contributed by atoms with E-state index in [-0.39, 0.29) is 23.1 Å². The van der Waals surface area contributed by atoms with Gasteiger partial charge in [0.15, 0.2) is 11.5 Å². The monoisotopic (exact) mass is 474 g/mol. The van der Waals surface area contributed by atoms with E-state index < -0.39 is 23.4 Å². The lowest BCUT2D eigenvalue weighted by Crippen LogP contribution is -2.34. The first-order valence-corrected chi connectivity index (χ1v) is 11.9. The predicted molar refractivity (Wildman–Crippen MR) is 121 cm³/mol. The van der Waals surface area contributed by atoms with Crippen molar-refractivity contribution in [3.63, 3.8) is 0 Å². The fraction of sp³-hybridized carbons (Fsp3) is 0.520. The van der Waals surface area contributed by atoms with Gasteiger partial charge in [-0.2, -0.15) is 18.3 Å². The van der Waals surface area contributed by atoms with Gasteiger partial charge in [0.25, 0.3) is 5.91 Å². The second kappa shape index (κ2) is 10.6. The van der Waals surface area contributed by atoms with Crippen LogP contribution < -0.4 is 5.32 Å². The summed E-state index contributed by atoms with van der Waals surface area (Å²) in [5.74, 6) is -1.07. The summed E-state index contributed by atoms with van der Waals surface area (Å²) >= 11 is 0. The number of amides is 1. The number of rotatable bonds is 7. The van der Waals surface area contributed by atoms with Crippen molar-refractivity contribution in [1.29, 1.82) is 0 Å². The van der Waals surface area contributed by atoms with Crippen LogP contribution in [-0.4, -0.2) is 53.0 Å². The number of nitrogens with zero attached hydrogens (tertiary/aromatic N) is 3. The average molecular weight is 475 g/mol. The lowest BCUT2D eigenvalue weighted by molar-refractivity contribution is -0.138. The van der Waals surface area contributed by atoms with Crippen LogP contribution in [0.15, 0.2) is 36.4 Å². The summed E-state index contributed by atoms with van der Waals surface area (Å²) in [6, 6.07) is 8.43. The van der Waals surface area contributed by atoms with Crippen molar-refractivity contribution in [2.75, 3.05) is 26.2 Å². The van der Waals surface area contributed by atoms with Crippen LogP contribution in [0.25, 0.3) is 0 Å². The average Bonchev–Trinajstić information content (AvgIpc) is 3.37. The topological polar surface area (TPSA) is 75.2 Å². The third-order valence-corrected chi connectivity index (χ3v) is 6.84. The Bertz CT molecular complexity index is 996. The molecular formula is C25H29F3N4O2. The van der Waals surface area contributed by atoms with Crippen LogP contribution >= 0.6 is 0 Å². The van der Waals surface area contributed by atoms with Gasteiger partial charge in [-0.3, -0.25) is 9.59 Å². The molecule has 34 heavy (non-hydrogen) atoms. The summed E-state index contributed by atoms with van der Waals surface area (Å²) in [6.45, 7) is 3.55. The molecule has 1 N–H and O–H groups in total. The molecule has 6 nitrogen and oxygen atoms in total. The summed E-state index contributed by atoms with van der Waals surface area (Å²) in [5, 5.41) is 11.2. The molecule has 2 fully saturated rings. The largest absolute Gasteiger partial charge is 0.417 e. The van der Waals surface area contributed by atoms with Gasteiger partial charge in [-0.05, 0) is 69.8 Å². The van der Waals surface area contributed by atoms with E-state index in [9.17, 15) is 22.8 Å². The fourth-order valence-corrected chi connectivity index (χ4v) is 4.92. The molecular weight excluding hydrogens is 445 g/mol. The molecule has 2 aliphatic rings. The van der Waals surface area contributed by atoms with Gasteiger partial charge in [-0.15, -0.1) is 5.10 Å². The zero-order valence-electron chi connectivity index (χ0n) is 19.0. The van der Waals surface area contributed by atoms with Gasteiger partial charge in [-0.25, -0.2) is 0 Å². The van der Waals surface area contributed by atoms with Crippen molar-refractivity contribution in [3.8, 4) is 0 Å². The molecule has 0 unspecified atom stereocenters. The molecule has 182 valence electrons. The molecule has 9 heteroatoms. The lowest BCUT2D eigenvalue weighted by atomic mass is 9.77. The number of hydrogen-bond donors (Lipinski definition) is 1. The number of carbonyl (C=O) groups excluding carboxylic acids is 2. The molecule has 1 amide bonds. The number of aromatic nitrogens is 2. The molecule has 1 aromatic heterocycles. The third-order valence-electron chi connectivity index (χ3n) is 6.84. The smallest absolute Gasteiger partial charge is 0.349 e. The lowest BCUT2D eigenvalue weighted by Gasteiger charge is -2.27. The van der Waals surface area contributed by atoms with E-state index in [2.05, 4.69) is 20.4 Å². The second-order valence-corrected chi connectivity index (χ2v) is 9.10. The summed E-state index contributed by atoms with van der Waals surface area (Å²) in [5.41, 5.74) is -0.117. The molecule has 0 bridgehead atoms. The zero-order chi connectivity index (χ0) is 24.1. The van der Waals surface area contributed by atoms with Crippen molar-refractivity contribution in [1.82, 2.24) is 20.4 Å². The fourth-order valence-electron chi connectivity index (χ4n) is 4.92. The highest BCUT2D eigenvalue weighted by molar-refractivity contribution is 5.99. The molecule has 2 aromatic rings. The van der Waals surface area contributed by atoms with E-state index in [4.69, 9.17) is 0 Å². The quantitative estimate of drug-likeness (QED) is 0.599. The van der Waals surface area contributed by atoms with Gasteiger partial charge < -0.3 is 10.2 Å². The van der Waals surface area contributed by atoms with Crippen molar-refractivity contribution in [3.05, 3.63) is 58.9 Å². The van der Waals surface area contributed by atoms with Crippen LogP contribution in [0.2, 0.25) is 0 Å². The molecule has 1 aliphatic heterocycles. The van der Waals surface area contributed by atoms with E-state index >= 15 is 0 Å². The standard InChI is InChI=1S/C25H29F3N4O2/c26-25(27,28)20-6-2-1-5-19(20)23(33)18-9-7-17(8-10-18)21-11-12-22(31-30-21)24(34)29-13-16-32-14-3-4-15-32/h1-2,5-6,11-12,17-18H,3-4,7-10,13-16H2,(H,29,34). The number of Topliss-reactive ketones (excluding diaryl/α,β-unsaturated/α-hetero) is 1. The van der Waals surface area contributed by atoms with Gasteiger partial charge in [0.1, 0.15) is 0 Å². The first kappa shape index (κ1) is 24.3. The van der Waals surface area contributed by atoms with E-state index in [1.165, 1.54) is 31.0 Å². The summed E-state index contributed by atoms with van der Waals surface area (Å²) in [6.07, 6.45) is 0.129. The summed E-state index contributed by atoms with van der Waals surface area (Å²) in [7, 11) is 0. The highest BCUT2D eigenvalue weighted by Gasteiger charge is 2.37. The van der Waals surface area contributed by atoms with E-state index in [1.807, 2.05) is 0 Å². The Kier molecular flexibility index (Phi) is 7.60. The van der Waals surface area contributed by atoms with Crippen molar-refractivity contribution >= 4 is 11.7 Å². The summed E-state index contributed by atoms with van der Waals surface area (Å²) < 4.78 is 39.9. The number of ketones is 1. The van der Waals surface area contributed by atoms with Crippen LogP contribution in [0, 0.1) is 5.92 Å². The predicted octanol–water partition coefficient (Wildman–Crippen LogP) is 4.48. The Morgan fingerprint density at radius 2 is 1.68 bits per heavy atom. The van der Waals surface area contributed by atoms with Crippen molar-refractivity contribution < 1.29 is 22.8 Å². The number of likely N-dealkylation sites (tertiary alicyclic amines) is 1. The maximum absolute atomic E-state index is 13.3. The first-order valence-electron chi connectivity index (χ1n) is 11.9. The van der Waals surface area contributed by atoms with Gasteiger partial charge in [-0.1, -0.05) is 18.2 Å². The minimum absolute atomic E-state index is 0.0710. The maximum atomic E-state index is 13.3. The number of halogens is 3. The van der Waals surface area contributed by atoms with Crippen LogP contribution in [0.3, 0.4) is 0 Å². The Morgan fingerprint density at radius 1 is 0.971 bits per heavy atom. The van der Waals surface area contributed by atoms with Crippen LogP contribution in [0.1, 0.15) is 76.5 Å². The zero-order valence-corrected chi connectivity index (χ0v) is 19.0. The van der Waals surface area contributed by atoms with Gasteiger partial charge in [0.05, 0.1) is 11.3 Å².